The molecule has 0 spiro atoms. The lowest BCUT2D eigenvalue weighted by Gasteiger charge is -2.15. The first kappa shape index (κ1) is 36.9. The van der Waals surface area contributed by atoms with Gasteiger partial charge in [-0.1, -0.05) is 30.3 Å². The third-order valence-electron chi connectivity index (χ3n) is 6.59. The summed E-state index contributed by atoms with van der Waals surface area (Å²) in [7, 11) is 13.6. The average Bonchev–Trinajstić information content (AvgIpc) is 3.05. The Hall–Kier alpha value is -4.25. The number of benzene rings is 4. The molecule has 0 unspecified atom stereocenters. The fourth-order valence-electron chi connectivity index (χ4n) is 3.90. The van der Waals surface area contributed by atoms with Crippen LogP contribution in [0.15, 0.2) is 91.0 Å². The largest absolute Gasteiger partial charge is 0.497 e. The minimum atomic E-state index is 0.0583. The van der Waals surface area contributed by atoms with Crippen LogP contribution in [0.2, 0.25) is 0 Å². The summed E-state index contributed by atoms with van der Waals surface area (Å²) in [5.74, 6) is 3.41. The molecule has 4 rings (SSSR count). The lowest BCUT2D eigenvalue weighted by molar-refractivity contribution is -0.128. The SMILES string of the molecule is COc1ccc(-c2ccc(OC)cc2CC(=O)N(C)C)cc1.COc1ccc(I)cc1.COc1cccc(CC(=O)N(C)C)c1. The summed E-state index contributed by atoms with van der Waals surface area (Å²) < 4.78 is 21.7. The van der Waals surface area contributed by atoms with E-state index in [2.05, 4.69) is 22.6 Å². The topological polar surface area (TPSA) is 77.5 Å². The number of halogens is 1. The fourth-order valence-corrected chi connectivity index (χ4v) is 4.26. The molecule has 0 saturated carbocycles. The number of nitrogens with zero attached hydrogens (tertiary/aromatic N) is 2. The maximum absolute atomic E-state index is 12.1. The molecule has 0 radical (unpaired) electrons. The molecule has 0 saturated heterocycles. The summed E-state index contributed by atoms with van der Waals surface area (Å²) in [6.07, 6.45) is 0.760. The molecule has 240 valence electrons. The van der Waals surface area contributed by atoms with E-state index in [9.17, 15) is 9.59 Å². The number of carbonyl (C=O) groups excluding carboxylic acids is 2. The monoisotopic (exact) mass is 726 g/mol. The Bertz CT molecular complexity index is 1490. The molecule has 4 aromatic rings. The van der Waals surface area contributed by atoms with Crippen LogP contribution in [-0.4, -0.2) is 78.2 Å². The van der Waals surface area contributed by atoms with E-state index >= 15 is 0 Å². The second-order valence-electron chi connectivity index (χ2n) is 10.2. The molecule has 8 nitrogen and oxygen atoms in total. The first-order valence-electron chi connectivity index (χ1n) is 14.1. The number of hydrogen-bond donors (Lipinski definition) is 0. The molecular formula is C36H43IN2O6. The van der Waals surface area contributed by atoms with Crippen LogP contribution < -0.4 is 18.9 Å². The van der Waals surface area contributed by atoms with E-state index in [1.54, 1.807) is 66.4 Å². The smallest absolute Gasteiger partial charge is 0.226 e. The van der Waals surface area contributed by atoms with Crippen LogP contribution in [0.3, 0.4) is 0 Å². The minimum absolute atomic E-state index is 0.0583. The van der Waals surface area contributed by atoms with E-state index in [1.165, 1.54) is 3.57 Å². The van der Waals surface area contributed by atoms with Crippen LogP contribution in [0, 0.1) is 3.57 Å². The highest BCUT2D eigenvalue weighted by Gasteiger charge is 2.13. The molecule has 0 N–H and O–H groups in total. The van der Waals surface area contributed by atoms with Crippen molar-refractivity contribution in [1.29, 1.82) is 0 Å². The zero-order valence-corrected chi connectivity index (χ0v) is 29.5. The quantitative estimate of drug-likeness (QED) is 0.181. The fraction of sp³-hybridized carbons (Fsp3) is 0.278. The van der Waals surface area contributed by atoms with E-state index in [-0.39, 0.29) is 11.8 Å². The van der Waals surface area contributed by atoms with Gasteiger partial charge in [-0.05, 0) is 106 Å². The van der Waals surface area contributed by atoms with Gasteiger partial charge in [-0.25, -0.2) is 0 Å². The molecule has 45 heavy (non-hydrogen) atoms. The molecule has 9 heteroatoms. The summed E-state index contributed by atoms with van der Waals surface area (Å²) in [4.78, 5) is 26.6. The third-order valence-corrected chi connectivity index (χ3v) is 7.31. The van der Waals surface area contributed by atoms with Crippen LogP contribution >= 0.6 is 22.6 Å². The van der Waals surface area contributed by atoms with E-state index in [0.717, 1.165) is 45.3 Å². The Kier molecular flexibility index (Phi) is 15.8. The lowest BCUT2D eigenvalue weighted by atomic mass is 9.97. The molecule has 0 atom stereocenters. The second kappa shape index (κ2) is 19.2. The van der Waals surface area contributed by atoms with Crippen LogP contribution in [0.25, 0.3) is 11.1 Å². The van der Waals surface area contributed by atoms with Crippen molar-refractivity contribution in [1.82, 2.24) is 9.80 Å². The first-order chi connectivity index (χ1) is 21.5. The highest BCUT2D eigenvalue weighted by molar-refractivity contribution is 14.1. The van der Waals surface area contributed by atoms with Gasteiger partial charge in [0.05, 0.1) is 41.3 Å². The predicted molar refractivity (Wildman–Crippen MR) is 188 cm³/mol. The summed E-state index contributed by atoms with van der Waals surface area (Å²) >= 11 is 2.26. The highest BCUT2D eigenvalue weighted by Crippen LogP contribution is 2.29. The maximum Gasteiger partial charge on any atom is 0.226 e. The molecular weight excluding hydrogens is 683 g/mol. The number of amides is 2. The Morgan fingerprint density at radius 2 is 1.04 bits per heavy atom. The number of rotatable bonds is 9. The Balaban J connectivity index is 0.000000261. The lowest BCUT2D eigenvalue weighted by Crippen LogP contribution is -2.23. The summed E-state index contributed by atoms with van der Waals surface area (Å²) in [6.45, 7) is 0. The number of likely N-dealkylation sites (N-methyl/N-ethyl adjacent to an activating group) is 2. The van der Waals surface area contributed by atoms with Gasteiger partial charge in [0, 0.05) is 31.8 Å². The zero-order chi connectivity index (χ0) is 33.4. The molecule has 0 aliphatic heterocycles. The first-order valence-corrected chi connectivity index (χ1v) is 15.2. The number of ether oxygens (including phenoxy) is 4. The van der Waals surface area contributed by atoms with Crippen molar-refractivity contribution < 1.29 is 28.5 Å². The molecule has 0 aromatic heterocycles. The standard InChI is InChI=1S/C18H21NO3.C11H15NO2.C7H7IO/c1-19(2)18(20)12-14-11-16(22-4)9-10-17(14)13-5-7-15(21-3)8-6-13;1-12(2)11(13)8-9-5-4-6-10(7-9)14-3;1-9-7-4-2-6(8)3-5-7/h5-11H,12H2,1-4H3;4-7H,8H2,1-3H3;2-5H,1H3. The van der Waals surface area contributed by atoms with Crippen LogP contribution in [0.5, 0.6) is 23.0 Å². The van der Waals surface area contributed by atoms with Gasteiger partial charge in [-0.3, -0.25) is 9.59 Å². The van der Waals surface area contributed by atoms with Gasteiger partial charge in [0.2, 0.25) is 11.8 Å². The molecule has 0 bridgehead atoms. The van der Waals surface area contributed by atoms with Crippen molar-refractivity contribution in [2.75, 3.05) is 56.6 Å². The molecule has 0 aliphatic rings. The summed E-state index contributed by atoms with van der Waals surface area (Å²) in [5.41, 5.74) is 4.00. The van der Waals surface area contributed by atoms with Gasteiger partial charge >= 0.3 is 0 Å². The molecule has 0 fully saturated rings. The predicted octanol–water partition coefficient (Wildman–Crippen LogP) is 6.63. The van der Waals surface area contributed by atoms with Gasteiger partial charge in [0.25, 0.3) is 0 Å². The van der Waals surface area contributed by atoms with Crippen molar-refractivity contribution in [2.45, 2.75) is 12.8 Å². The van der Waals surface area contributed by atoms with Crippen molar-refractivity contribution in [3.8, 4) is 34.1 Å². The Morgan fingerprint density at radius 3 is 1.56 bits per heavy atom. The van der Waals surface area contributed by atoms with Gasteiger partial charge < -0.3 is 28.7 Å². The van der Waals surface area contributed by atoms with Crippen molar-refractivity contribution in [3.63, 3.8) is 0 Å². The van der Waals surface area contributed by atoms with E-state index in [4.69, 9.17) is 18.9 Å². The van der Waals surface area contributed by atoms with Crippen molar-refractivity contribution in [3.05, 3.63) is 106 Å². The van der Waals surface area contributed by atoms with Gasteiger partial charge in [0.1, 0.15) is 23.0 Å². The van der Waals surface area contributed by atoms with Crippen LogP contribution in [0.1, 0.15) is 11.1 Å². The number of carbonyl (C=O) groups is 2. The van der Waals surface area contributed by atoms with Gasteiger partial charge in [-0.15, -0.1) is 0 Å². The number of methoxy groups -OCH3 is 4. The third kappa shape index (κ3) is 12.7. The Morgan fingerprint density at radius 1 is 0.578 bits per heavy atom. The van der Waals surface area contributed by atoms with Crippen LogP contribution in [-0.2, 0) is 22.4 Å². The average molecular weight is 727 g/mol. The highest BCUT2D eigenvalue weighted by atomic mass is 127. The molecule has 2 amide bonds. The maximum atomic E-state index is 12.1. The normalized spacial score (nSPS) is 9.80. The Labute approximate surface area is 281 Å². The molecule has 4 aromatic carbocycles. The van der Waals surface area contributed by atoms with Gasteiger partial charge in [0.15, 0.2) is 0 Å². The number of hydrogen-bond acceptors (Lipinski definition) is 6. The van der Waals surface area contributed by atoms with E-state index in [0.29, 0.717) is 12.8 Å². The second-order valence-corrected chi connectivity index (χ2v) is 11.4. The molecule has 0 heterocycles. The zero-order valence-electron chi connectivity index (χ0n) is 27.3. The van der Waals surface area contributed by atoms with E-state index < -0.39 is 0 Å². The van der Waals surface area contributed by atoms with Crippen LogP contribution in [0.4, 0.5) is 0 Å². The van der Waals surface area contributed by atoms with Gasteiger partial charge in [-0.2, -0.15) is 0 Å². The summed E-state index contributed by atoms with van der Waals surface area (Å²) in [5, 5.41) is 0. The minimum Gasteiger partial charge on any atom is -0.497 e. The van der Waals surface area contributed by atoms with E-state index in [1.807, 2.05) is 91.0 Å². The molecule has 0 aliphatic carbocycles. The van der Waals surface area contributed by atoms with Crippen molar-refractivity contribution >= 4 is 34.4 Å². The summed E-state index contributed by atoms with van der Waals surface area (Å²) in [6, 6.07) is 29.1. The van der Waals surface area contributed by atoms with Crippen molar-refractivity contribution in [2.24, 2.45) is 0 Å².